The number of hydrogen-bond donors (Lipinski definition) is 2. The van der Waals surface area contributed by atoms with Crippen molar-refractivity contribution in [2.45, 2.75) is 19.9 Å². The second-order valence-electron chi connectivity index (χ2n) is 3.68. The predicted octanol–water partition coefficient (Wildman–Crippen LogP) is 0.683. The van der Waals surface area contributed by atoms with Gasteiger partial charge in [0, 0.05) is 25.4 Å². The Labute approximate surface area is 89.9 Å². The van der Waals surface area contributed by atoms with E-state index >= 15 is 0 Å². The highest BCUT2D eigenvalue weighted by molar-refractivity contribution is 5.76. The SMILES string of the molecule is CC(CN)CC(=O)NCc1ccncc1. The number of aromatic nitrogens is 1. The summed E-state index contributed by atoms with van der Waals surface area (Å²) >= 11 is 0. The van der Waals surface area contributed by atoms with Gasteiger partial charge in [-0.2, -0.15) is 0 Å². The number of nitrogens with one attached hydrogen (secondary N) is 1. The van der Waals surface area contributed by atoms with Crippen LogP contribution in [0, 0.1) is 5.92 Å². The van der Waals surface area contributed by atoms with Crippen molar-refractivity contribution < 1.29 is 4.79 Å². The number of nitrogens with two attached hydrogens (primary N) is 1. The average molecular weight is 207 g/mol. The van der Waals surface area contributed by atoms with E-state index in [2.05, 4.69) is 10.3 Å². The van der Waals surface area contributed by atoms with E-state index in [0.717, 1.165) is 5.56 Å². The number of hydrogen-bond acceptors (Lipinski definition) is 3. The quantitative estimate of drug-likeness (QED) is 0.746. The van der Waals surface area contributed by atoms with Crippen molar-refractivity contribution in [1.82, 2.24) is 10.3 Å². The monoisotopic (exact) mass is 207 g/mol. The Kier molecular flexibility index (Phi) is 4.77. The minimum atomic E-state index is 0.0461. The van der Waals surface area contributed by atoms with Crippen LogP contribution >= 0.6 is 0 Å². The molecule has 0 spiro atoms. The van der Waals surface area contributed by atoms with E-state index in [1.54, 1.807) is 12.4 Å². The van der Waals surface area contributed by atoms with Gasteiger partial charge in [-0.15, -0.1) is 0 Å². The van der Waals surface area contributed by atoms with Crippen molar-refractivity contribution in [3.05, 3.63) is 30.1 Å². The highest BCUT2D eigenvalue weighted by Crippen LogP contribution is 2.00. The summed E-state index contributed by atoms with van der Waals surface area (Å²) in [5.74, 6) is 0.284. The van der Waals surface area contributed by atoms with E-state index < -0.39 is 0 Å². The maximum atomic E-state index is 11.4. The Morgan fingerprint density at radius 1 is 1.53 bits per heavy atom. The van der Waals surface area contributed by atoms with E-state index in [4.69, 9.17) is 5.73 Å². The minimum Gasteiger partial charge on any atom is -0.352 e. The van der Waals surface area contributed by atoms with Crippen LogP contribution in [0.5, 0.6) is 0 Å². The van der Waals surface area contributed by atoms with Crippen LogP contribution < -0.4 is 11.1 Å². The van der Waals surface area contributed by atoms with Gasteiger partial charge >= 0.3 is 0 Å². The number of carbonyl (C=O) groups excluding carboxylic acids is 1. The lowest BCUT2D eigenvalue weighted by atomic mass is 10.1. The summed E-state index contributed by atoms with van der Waals surface area (Å²) in [7, 11) is 0. The van der Waals surface area contributed by atoms with E-state index in [9.17, 15) is 4.79 Å². The standard InChI is InChI=1S/C11H17N3O/c1-9(7-12)6-11(15)14-8-10-2-4-13-5-3-10/h2-5,9H,6-8,12H2,1H3,(H,14,15). The molecule has 0 bridgehead atoms. The molecule has 82 valence electrons. The fourth-order valence-electron chi connectivity index (χ4n) is 1.17. The molecule has 0 aliphatic heterocycles. The smallest absolute Gasteiger partial charge is 0.220 e. The van der Waals surface area contributed by atoms with Crippen LogP contribution in [0.25, 0.3) is 0 Å². The summed E-state index contributed by atoms with van der Waals surface area (Å²) in [4.78, 5) is 15.3. The predicted molar refractivity (Wildman–Crippen MR) is 58.9 cm³/mol. The van der Waals surface area contributed by atoms with E-state index in [0.29, 0.717) is 19.5 Å². The number of carbonyl (C=O) groups is 1. The van der Waals surface area contributed by atoms with Gasteiger partial charge in [0.05, 0.1) is 0 Å². The number of amides is 1. The summed E-state index contributed by atoms with van der Waals surface area (Å²) in [6, 6.07) is 3.76. The van der Waals surface area contributed by atoms with E-state index in [-0.39, 0.29) is 11.8 Å². The molecule has 4 nitrogen and oxygen atoms in total. The van der Waals surface area contributed by atoms with Crippen LogP contribution in [0.1, 0.15) is 18.9 Å². The van der Waals surface area contributed by atoms with E-state index in [1.807, 2.05) is 19.1 Å². The molecule has 1 heterocycles. The summed E-state index contributed by atoms with van der Waals surface area (Å²) in [5.41, 5.74) is 6.49. The maximum absolute atomic E-state index is 11.4. The molecule has 1 atom stereocenters. The van der Waals surface area contributed by atoms with E-state index in [1.165, 1.54) is 0 Å². The number of nitrogens with zero attached hydrogens (tertiary/aromatic N) is 1. The van der Waals surface area contributed by atoms with Gasteiger partial charge in [0.1, 0.15) is 0 Å². The van der Waals surface area contributed by atoms with Crippen LogP contribution in [-0.4, -0.2) is 17.4 Å². The van der Waals surface area contributed by atoms with Crippen molar-refractivity contribution in [3.8, 4) is 0 Å². The van der Waals surface area contributed by atoms with Gasteiger partial charge in [-0.1, -0.05) is 6.92 Å². The Morgan fingerprint density at radius 3 is 2.80 bits per heavy atom. The van der Waals surface area contributed by atoms with Crippen molar-refractivity contribution in [3.63, 3.8) is 0 Å². The Morgan fingerprint density at radius 2 is 2.20 bits per heavy atom. The highest BCUT2D eigenvalue weighted by Gasteiger charge is 2.06. The first kappa shape index (κ1) is 11.7. The lowest BCUT2D eigenvalue weighted by Crippen LogP contribution is -2.26. The molecule has 0 fully saturated rings. The molecular weight excluding hydrogens is 190 g/mol. The molecule has 1 amide bonds. The molecule has 0 aliphatic carbocycles. The van der Waals surface area contributed by atoms with Crippen LogP contribution in [0.3, 0.4) is 0 Å². The van der Waals surface area contributed by atoms with Gasteiger partial charge < -0.3 is 11.1 Å². The van der Waals surface area contributed by atoms with Crippen LogP contribution in [0.4, 0.5) is 0 Å². The zero-order chi connectivity index (χ0) is 11.1. The van der Waals surface area contributed by atoms with Crippen LogP contribution in [0.15, 0.2) is 24.5 Å². The summed E-state index contributed by atoms with van der Waals surface area (Å²) in [6.07, 6.45) is 3.91. The van der Waals surface area contributed by atoms with Crippen molar-refractivity contribution in [2.75, 3.05) is 6.54 Å². The molecule has 4 heteroatoms. The zero-order valence-electron chi connectivity index (χ0n) is 8.94. The molecule has 0 saturated heterocycles. The zero-order valence-corrected chi connectivity index (χ0v) is 8.94. The fraction of sp³-hybridized carbons (Fsp3) is 0.455. The first-order valence-corrected chi connectivity index (χ1v) is 5.08. The number of rotatable bonds is 5. The average Bonchev–Trinajstić information content (AvgIpc) is 2.27. The maximum Gasteiger partial charge on any atom is 0.220 e. The van der Waals surface area contributed by atoms with Gasteiger partial charge in [0.15, 0.2) is 0 Å². The second kappa shape index (κ2) is 6.14. The first-order valence-electron chi connectivity index (χ1n) is 5.08. The minimum absolute atomic E-state index is 0.0461. The Balaban J connectivity index is 2.29. The topological polar surface area (TPSA) is 68.0 Å². The fourth-order valence-corrected chi connectivity index (χ4v) is 1.17. The number of pyridine rings is 1. The van der Waals surface area contributed by atoms with Crippen molar-refractivity contribution >= 4 is 5.91 Å². The molecule has 0 saturated carbocycles. The lowest BCUT2D eigenvalue weighted by molar-refractivity contribution is -0.122. The van der Waals surface area contributed by atoms with Gasteiger partial charge in [-0.05, 0) is 30.2 Å². The lowest BCUT2D eigenvalue weighted by Gasteiger charge is -2.08. The molecule has 1 aromatic heterocycles. The van der Waals surface area contributed by atoms with Crippen LogP contribution in [0.2, 0.25) is 0 Å². The summed E-state index contributed by atoms with van der Waals surface area (Å²) in [5, 5.41) is 2.84. The molecular formula is C11H17N3O. The third-order valence-electron chi connectivity index (χ3n) is 2.18. The molecule has 0 aliphatic rings. The third-order valence-corrected chi connectivity index (χ3v) is 2.18. The van der Waals surface area contributed by atoms with Gasteiger partial charge in [0.25, 0.3) is 0 Å². The molecule has 1 unspecified atom stereocenters. The summed E-state index contributed by atoms with van der Waals surface area (Å²) < 4.78 is 0. The Bertz CT molecular complexity index is 300. The molecule has 0 radical (unpaired) electrons. The molecule has 1 aromatic rings. The molecule has 3 N–H and O–H groups in total. The highest BCUT2D eigenvalue weighted by atomic mass is 16.1. The van der Waals surface area contributed by atoms with Gasteiger partial charge in [-0.3, -0.25) is 9.78 Å². The Hall–Kier alpha value is -1.42. The first-order chi connectivity index (χ1) is 7.22. The normalized spacial score (nSPS) is 12.1. The second-order valence-corrected chi connectivity index (χ2v) is 3.68. The molecule has 15 heavy (non-hydrogen) atoms. The van der Waals surface area contributed by atoms with Crippen molar-refractivity contribution in [2.24, 2.45) is 11.7 Å². The largest absolute Gasteiger partial charge is 0.352 e. The summed E-state index contributed by atoms with van der Waals surface area (Å²) in [6.45, 7) is 3.06. The molecule has 1 rings (SSSR count). The third kappa shape index (κ3) is 4.56. The molecule has 0 aromatic carbocycles. The van der Waals surface area contributed by atoms with Crippen molar-refractivity contribution in [1.29, 1.82) is 0 Å². The van der Waals surface area contributed by atoms with Gasteiger partial charge in [0.2, 0.25) is 5.91 Å². The van der Waals surface area contributed by atoms with Gasteiger partial charge in [-0.25, -0.2) is 0 Å². The van der Waals surface area contributed by atoms with Crippen LogP contribution in [-0.2, 0) is 11.3 Å².